The minimum Gasteiger partial charge on any atom is -0.684 e. The fourth-order valence-electron chi connectivity index (χ4n) is 2.63. The van der Waals surface area contributed by atoms with Crippen LogP contribution in [0.1, 0.15) is 52.0 Å². The molecule has 149 valence electrons. The third kappa shape index (κ3) is 11.6. The molecule has 3 heteroatoms. The summed E-state index contributed by atoms with van der Waals surface area (Å²) in [6.45, 7) is 7.31. The largest absolute Gasteiger partial charge is 0.684 e. The Bertz CT molecular complexity index is 598. The average molecular weight is 407 g/mol. The Morgan fingerprint density at radius 2 is 1.56 bits per heavy atom. The van der Waals surface area contributed by atoms with Gasteiger partial charge in [-0.2, -0.15) is 0 Å². The first-order valence-corrected chi connectivity index (χ1v) is 9.86. The molecule has 0 aliphatic heterocycles. The van der Waals surface area contributed by atoms with E-state index in [9.17, 15) is 5.11 Å². The van der Waals surface area contributed by atoms with Crippen molar-refractivity contribution in [1.82, 2.24) is 0 Å². The van der Waals surface area contributed by atoms with Gasteiger partial charge in [-0.25, -0.2) is 0 Å². The van der Waals surface area contributed by atoms with Gasteiger partial charge >= 0.3 is 0 Å². The molecular weight excluding hydrogens is 373 g/mol. The Morgan fingerprint density at radius 1 is 0.963 bits per heavy atom. The van der Waals surface area contributed by atoms with Crippen molar-refractivity contribution >= 4 is 5.69 Å². The molecule has 0 spiro atoms. The van der Waals surface area contributed by atoms with Gasteiger partial charge in [0.25, 0.3) is 0 Å². The van der Waals surface area contributed by atoms with E-state index in [0.29, 0.717) is 5.76 Å². The molecule has 2 nitrogen and oxygen atoms in total. The van der Waals surface area contributed by atoms with E-state index in [-0.39, 0.29) is 23.0 Å². The fraction of sp³-hybridized carbons (Fsp3) is 0.417. The molecule has 2 rings (SSSR count). The van der Waals surface area contributed by atoms with Gasteiger partial charge in [-0.1, -0.05) is 94.3 Å². The summed E-state index contributed by atoms with van der Waals surface area (Å²) < 4.78 is 0. The molecule has 0 amide bonds. The number of allylic oxidation sites excluding steroid dienone is 2. The van der Waals surface area contributed by atoms with E-state index in [1.165, 1.54) is 18.4 Å². The molecule has 1 N–H and O–H groups in total. The molecular formula is C24H34MnNO-. The van der Waals surface area contributed by atoms with E-state index in [4.69, 9.17) is 0 Å². The topological polar surface area (TPSA) is 34.3 Å². The molecule has 0 saturated heterocycles. The number of aliphatic hydroxyl groups excluding tert-OH is 1. The van der Waals surface area contributed by atoms with Crippen molar-refractivity contribution in [2.45, 2.75) is 52.9 Å². The van der Waals surface area contributed by atoms with Gasteiger partial charge in [-0.15, -0.1) is 12.2 Å². The van der Waals surface area contributed by atoms with Crippen molar-refractivity contribution in [3.8, 4) is 0 Å². The van der Waals surface area contributed by atoms with E-state index < -0.39 is 0 Å². The number of hydrogen-bond donors (Lipinski definition) is 1. The Morgan fingerprint density at radius 3 is 2.07 bits per heavy atom. The van der Waals surface area contributed by atoms with Gasteiger partial charge in [0.05, 0.1) is 5.76 Å². The van der Waals surface area contributed by atoms with Crippen LogP contribution in [0.4, 0.5) is 5.69 Å². The molecule has 0 aliphatic rings. The molecule has 0 fully saturated rings. The third-order valence-electron chi connectivity index (χ3n) is 4.21. The van der Waals surface area contributed by atoms with Crippen LogP contribution in [-0.4, -0.2) is 11.7 Å². The van der Waals surface area contributed by atoms with E-state index in [2.05, 4.69) is 31.3 Å². The second kappa shape index (κ2) is 16.5. The summed E-state index contributed by atoms with van der Waals surface area (Å²) in [7, 11) is 0. The molecule has 27 heavy (non-hydrogen) atoms. The van der Waals surface area contributed by atoms with Crippen molar-refractivity contribution in [3.63, 3.8) is 0 Å². The van der Waals surface area contributed by atoms with Crippen LogP contribution in [0, 0.1) is 5.92 Å². The molecule has 0 aromatic heterocycles. The standard InChI is InChI=1S/C14H20O.C10H14N.Mn/c1-3-8-14(15)13(4-2)11-12-9-6-5-7-10-12;1-2-3-9-11-10-7-5-4-6-8-10;/h5-10,13,15H,3-4,11H2,1-2H3;4-8H,2-3,9H2,1H3;/q;-1;/b14-8-;;. The van der Waals surface area contributed by atoms with Crippen molar-refractivity contribution < 1.29 is 22.2 Å². The molecule has 0 saturated carbocycles. The second-order valence-corrected chi connectivity index (χ2v) is 6.40. The van der Waals surface area contributed by atoms with E-state index in [1.54, 1.807) is 0 Å². The maximum Gasteiger partial charge on any atom is 0.0916 e. The molecule has 0 bridgehead atoms. The van der Waals surface area contributed by atoms with Crippen molar-refractivity contribution in [1.29, 1.82) is 0 Å². The Labute approximate surface area is 176 Å². The first-order valence-electron chi connectivity index (χ1n) is 9.86. The maximum absolute atomic E-state index is 9.83. The van der Waals surface area contributed by atoms with E-state index in [0.717, 1.165) is 31.5 Å². The van der Waals surface area contributed by atoms with Crippen molar-refractivity contribution in [3.05, 3.63) is 83.4 Å². The van der Waals surface area contributed by atoms with Crippen LogP contribution < -0.4 is 0 Å². The minimum atomic E-state index is 0. The quantitative estimate of drug-likeness (QED) is 0.259. The van der Waals surface area contributed by atoms with Gasteiger partial charge in [-0.05, 0) is 30.9 Å². The summed E-state index contributed by atoms with van der Waals surface area (Å²) in [6, 6.07) is 20.5. The predicted molar refractivity (Wildman–Crippen MR) is 114 cm³/mol. The number of para-hydroxylation sites is 1. The number of hydrogen-bond acceptors (Lipinski definition) is 1. The number of aliphatic hydroxyl groups is 1. The van der Waals surface area contributed by atoms with Crippen LogP contribution in [0.25, 0.3) is 5.32 Å². The van der Waals surface area contributed by atoms with E-state index >= 15 is 0 Å². The van der Waals surface area contributed by atoms with Crippen LogP contribution in [0.2, 0.25) is 0 Å². The predicted octanol–water partition coefficient (Wildman–Crippen LogP) is 7.60. The molecule has 2 aromatic rings. The number of nitrogens with zero attached hydrogens (tertiary/aromatic N) is 1. The summed E-state index contributed by atoms with van der Waals surface area (Å²) in [5.41, 5.74) is 2.39. The van der Waals surface area contributed by atoms with Crippen molar-refractivity contribution in [2.75, 3.05) is 6.54 Å². The molecule has 1 radical (unpaired) electrons. The number of unbranched alkanes of at least 4 members (excludes halogenated alkanes) is 1. The molecule has 1 unspecified atom stereocenters. The zero-order valence-corrected chi connectivity index (χ0v) is 18.1. The molecule has 0 heterocycles. The van der Waals surface area contributed by atoms with Crippen LogP contribution in [0.15, 0.2) is 72.5 Å². The van der Waals surface area contributed by atoms with Gasteiger partial charge in [0.1, 0.15) is 0 Å². The second-order valence-electron chi connectivity index (χ2n) is 6.40. The van der Waals surface area contributed by atoms with Gasteiger partial charge in [0.15, 0.2) is 0 Å². The molecule has 0 aliphatic carbocycles. The van der Waals surface area contributed by atoms with Crippen LogP contribution >= 0.6 is 0 Å². The van der Waals surface area contributed by atoms with Gasteiger partial charge in [0.2, 0.25) is 0 Å². The first kappa shape index (κ1) is 25.3. The SMILES string of the molecule is CC/C=C(\O)C(CC)Cc1ccccc1.CCCC[N-]c1ccccc1.[Mn]. The fourth-order valence-corrected chi connectivity index (χ4v) is 2.63. The van der Waals surface area contributed by atoms with Crippen LogP contribution in [0.5, 0.6) is 0 Å². The maximum atomic E-state index is 9.83. The monoisotopic (exact) mass is 407 g/mol. The van der Waals surface area contributed by atoms with Gasteiger partial charge in [0, 0.05) is 23.0 Å². The summed E-state index contributed by atoms with van der Waals surface area (Å²) in [5.74, 6) is 0.816. The summed E-state index contributed by atoms with van der Waals surface area (Å²) in [5, 5.41) is 14.2. The Kier molecular flexibility index (Phi) is 15.4. The van der Waals surface area contributed by atoms with Crippen LogP contribution in [0.3, 0.4) is 0 Å². The summed E-state index contributed by atoms with van der Waals surface area (Å²) in [4.78, 5) is 0. The van der Waals surface area contributed by atoms with E-state index in [1.807, 2.05) is 61.5 Å². The molecule has 1 atom stereocenters. The minimum absolute atomic E-state index is 0. The first-order chi connectivity index (χ1) is 12.7. The summed E-state index contributed by atoms with van der Waals surface area (Å²) in [6.07, 6.45) is 7.14. The molecule has 2 aromatic carbocycles. The van der Waals surface area contributed by atoms with Crippen LogP contribution in [-0.2, 0) is 23.5 Å². The number of benzene rings is 2. The van der Waals surface area contributed by atoms with Crippen molar-refractivity contribution in [2.24, 2.45) is 5.92 Å². The van der Waals surface area contributed by atoms with Gasteiger partial charge < -0.3 is 10.4 Å². The zero-order valence-electron chi connectivity index (χ0n) is 16.9. The zero-order chi connectivity index (χ0) is 19.0. The Balaban J connectivity index is 0.000000504. The normalized spacial score (nSPS) is 11.6. The average Bonchev–Trinajstić information content (AvgIpc) is 2.68. The Hall–Kier alpha value is -1.70. The third-order valence-corrected chi connectivity index (χ3v) is 4.21. The number of rotatable bonds is 9. The summed E-state index contributed by atoms with van der Waals surface area (Å²) >= 11 is 0. The van der Waals surface area contributed by atoms with Gasteiger partial charge in [-0.3, -0.25) is 0 Å². The smallest absolute Gasteiger partial charge is 0.0916 e.